The van der Waals surface area contributed by atoms with E-state index in [9.17, 15) is 13.2 Å². The molecule has 1 aliphatic heterocycles. The topological polar surface area (TPSA) is 87.0 Å². The summed E-state index contributed by atoms with van der Waals surface area (Å²) in [6.07, 6.45) is 2.29. The van der Waals surface area contributed by atoms with Crippen LogP contribution in [-0.2, 0) is 14.9 Å². The number of carbonyl (C=O) groups is 1. The molecule has 0 saturated heterocycles. The van der Waals surface area contributed by atoms with Crippen molar-refractivity contribution in [3.05, 3.63) is 0 Å². The van der Waals surface area contributed by atoms with E-state index in [-0.39, 0.29) is 11.9 Å². The standard InChI is InChI=1S/C10H16N2O4S/c1-7-6-10(13)12(11-7)8-2-4-9(5-3-8)17(14,15)16/h8-9H,2-6H2,1H3,(H,14,15,16). The van der Waals surface area contributed by atoms with Crippen molar-refractivity contribution < 1.29 is 17.8 Å². The number of rotatable bonds is 2. The maximum absolute atomic E-state index is 11.6. The second kappa shape index (κ2) is 4.38. The number of nitrogens with zero attached hydrogens (tertiary/aromatic N) is 2. The average molecular weight is 260 g/mol. The molecule has 2 rings (SSSR count). The van der Waals surface area contributed by atoms with Crippen LogP contribution in [0, 0.1) is 0 Å². The molecule has 1 fully saturated rings. The highest BCUT2D eigenvalue weighted by atomic mass is 32.2. The number of amides is 1. The van der Waals surface area contributed by atoms with E-state index in [1.54, 1.807) is 0 Å². The lowest BCUT2D eigenvalue weighted by molar-refractivity contribution is -0.131. The predicted octanol–water partition coefficient (Wildman–Crippen LogP) is 0.794. The molecule has 1 N–H and O–H groups in total. The Morgan fingerprint density at radius 1 is 1.29 bits per heavy atom. The fourth-order valence-corrected chi connectivity index (χ4v) is 3.32. The van der Waals surface area contributed by atoms with Gasteiger partial charge in [0.15, 0.2) is 0 Å². The first-order chi connectivity index (χ1) is 7.88. The van der Waals surface area contributed by atoms with Crippen molar-refractivity contribution in [2.75, 3.05) is 0 Å². The van der Waals surface area contributed by atoms with E-state index in [4.69, 9.17) is 4.55 Å². The monoisotopic (exact) mass is 260 g/mol. The van der Waals surface area contributed by atoms with E-state index in [0.717, 1.165) is 5.71 Å². The highest BCUT2D eigenvalue weighted by molar-refractivity contribution is 7.86. The van der Waals surface area contributed by atoms with Gasteiger partial charge < -0.3 is 0 Å². The minimum atomic E-state index is -3.94. The van der Waals surface area contributed by atoms with Gasteiger partial charge in [-0.25, -0.2) is 5.01 Å². The summed E-state index contributed by atoms with van der Waals surface area (Å²) in [6.45, 7) is 1.81. The van der Waals surface area contributed by atoms with Crippen LogP contribution >= 0.6 is 0 Å². The molecule has 0 aromatic heterocycles. The summed E-state index contributed by atoms with van der Waals surface area (Å²) in [5, 5.41) is 4.97. The molecule has 17 heavy (non-hydrogen) atoms. The lowest BCUT2D eigenvalue weighted by Crippen LogP contribution is -2.39. The summed E-state index contributed by atoms with van der Waals surface area (Å²) in [6, 6.07) is -0.0158. The van der Waals surface area contributed by atoms with Crippen LogP contribution in [0.3, 0.4) is 0 Å². The van der Waals surface area contributed by atoms with Crippen molar-refractivity contribution in [1.29, 1.82) is 0 Å². The molecule has 1 saturated carbocycles. The van der Waals surface area contributed by atoms with Crippen LogP contribution in [0.4, 0.5) is 0 Å². The minimum absolute atomic E-state index is 0.0158. The van der Waals surface area contributed by atoms with Crippen molar-refractivity contribution in [2.45, 2.75) is 50.3 Å². The first-order valence-electron chi connectivity index (χ1n) is 5.70. The Balaban J connectivity index is 1.98. The van der Waals surface area contributed by atoms with E-state index >= 15 is 0 Å². The molecule has 6 nitrogen and oxygen atoms in total. The molecule has 7 heteroatoms. The first kappa shape index (κ1) is 12.5. The van der Waals surface area contributed by atoms with Gasteiger partial charge in [0.25, 0.3) is 10.1 Å². The summed E-state index contributed by atoms with van der Waals surface area (Å²) in [5.74, 6) is -0.0159. The quantitative estimate of drug-likeness (QED) is 0.744. The molecule has 1 aliphatic carbocycles. The van der Waals surface area contributed by atoms with Gasteiger partial charge in [-0.05, 0) is 32.6 Å². The van der Waals surface area contributed by atoms with Gasteiger partial charge >= 0.3 is 0 Å². The third-order valence-electron chi connectivity index (χ3n) is 3.35. The van der Waals surface area contributed by atoms with Crippen LogP contribution in [0.5, 0.6) is 0 Å². The fourth-order valence-electron chi connectivity index (χ4n) is 2.45. The lowest BCUT2D eigenvalue weighted by atomic mass is 9.94. The molecule has 0 spiro atoms. The van der Waals surface area contributed by atoms with Gasteiger partial charge in [-0.2, -0.15) is 13.5 Å². The van der Waals surface area contributed by atoms with Crippen molar-refractivity contribution in [1.82, 2.24) is 5.01 Å². The van der Waals surface area contributed by atoms with Crippen molar-refractivity contribution >= 4 is 21.7 Å². The van der Waals surface area contributed by atoms with Crippen molar-refractivity contribution in [3.8, 4) is 0 Å². The molecule has 0 atom stereocenters. The molecule has 0 unspecified atom stereocenters. The number of hydrogen-bond donors (Lipinski definition) is 1. The number of carbonyl (C=O) groups excluding carboxylic acids is 1. The van der Waals surface area contributed by atoms with E-state index < -0.39 is 15.4 Å². The highest BCUT2D eigenvalue weighted by Crippen LogP contribution is 2.29. The molecule has 1 amide bonds. The molecule has 0 aromatic rings. The first-order valence-corrected chi connectivity index (χ1v) is 7.20. The van der Waals surface area contributed by atoms with Crippen LogP contribution in [0.25, 0.3) is 0 Å². The van der Waals surface area contributed by atoms with Gasteiger partial charge in [-0.3, -0.25) is 9.35 Å². The Labute approximate surface area is 100 Å². The SMILES string of the molecule is CC1=NN(C2CCC(S(=O)(=O)O)CC2)C(=O)C1. The van der Waals surface area contributed by atoms with Crippen LogP contribution in [-0.4, -0.2) is 40.9 Å². The zero-order chi connectivity index (χ0) is 12.6. The fraction of sp³-hybridized carbons (Fsp3) is 0.800. The maximum atomic E-state index is 11.6. The predicted molar refractivity (Wildman–Crippen MR) is 62.2 cm³/mol. The van der Waals surface area contributed by atoms with Crippen LogP contribution in [0.15, 0.2) is 5.10 Å². The second-order valence-electron chi connectivity index (χ2n) is 4.70. The van der Waals surface area contributed by atoms with Crippen LogP contribution in [0.1, 0.15) is 39.0 Å². The van der Waals surface area contributed by atoms with E-state index in [2.05, 4.69) is 5.10 Å². The number of hydrazone groups is 1. The van der Waals surface area contributed by atoms with E-state index in [0.29, 0.717) is 32.1 Å². The van der Waals surface area contributed by atoms with Crippen LogP contribution in [0.2, 0.25) is 0 Å². The van der Waals surface area contributed by atoms with Gasteiger partial charge in [0, 0.05) is 5.71 Å². The molecule has 0 aromatic carbocycles. The normalized spacial score (nSPS) is 30.6. The summed E-state index contributed by atoms with van der Waals surface area (Å²) >= 11 is 0. The number of hydrogen-bond acceptors (Lipinski definition) is 4. The minimum Gasteiger partial charge on any atom is -0.285 e. The summed E-state index contributed by atoms with van der Waals surface area (Å²) < 4.78 is 30.9. The molecule has 96 valence electrons. The van der Waals surface area contributed by atoms with Crippen molar-refractivity contribution in [2.24, 2.45) is 5.10 Å². The van der Waals surface area contributed by atoms with Gasteiger partial charge in [-0.15, -0.1) is 0 Å². The third kappa shape index (κ3) is 2.66. The summed E-state index contributed by atoms with van der Waals surface area (Å²) in [5.41, 5.74) is 0.798. The Morgan fingerprint density at radius 2 is 1.88 bits per heavy atom. The second-order valence-corrected chi connectivity index (χ2v) is 6.39. The largest absolute Gasteiger partial charge is 0.285 e. The third-order valence-corrected chi connectivity index (χ3v) is 4.67. The van der Waals surface area contributed by atoms with Gasteiger partial charge in [0.2, 0.25) is 5.91 Å². The molecule has 2 aliphatic rings. The maximum Gasteiger partial charge on any atom is 0.267 e. The van der Waals surface area contributed by atoms with Crippen LogP contribution < -0.4 is 0 Å². The average Bonchev–Trinajstić information content (AvgIpc) is 2.57. The van der Waals surface area contributed by atoms with Gasteiger partial charge in [-0.1, -0.05) is 0 Å². The molecule has 0 radical (unpaired) electrons. The van der Waals surface area contributed by atoms with E-state index in [1.807, 2.05) is 6.92 Å². The molecular formula is C10H16N2O4S. The van der Waals surface area contributed by atoms with Gasteiger partial charge in [0.1, 0.15) is 0 Å². The smallest absolute Gasteiger partial charge is 0.267 e. The highest BCUT2D eigenvalue weighted by Gasteiger charge is 2.35. The van der Waals surface area contributed by atoms with Crippen molar-refractivity contribution in [3.63, 3.8) is 0 Å². The van der Waals surface area contributed by atoms with E-state index in [1.165, 1.54) is 5.01 Å². The zero-order valence-electron chi connectivity index (χ0n) is 9.66. The lowest BCUT2D eigenvalue weighted by Gasteiger charge is -2.31. The molecule has 0 bridgehead atoms. The molecule has 1 heterocycles. The van der Waals surface area contributed by atoms with Gasteiger partial charge in [0.05, 0.1) is 17.7 Å². The summed E-state index contributed by atoms with van der Waals surface area (Å²) in [7, 11) is -3.94. The summed E-state index contributed by atoms with van der Waals surface area (Å²) in [4.78, 5) is 11.6. The zero-order valence-corrected chi connectivity index (χ0v) is 10.5. The Hall–Kier alpha value is -0.950. The Kier molecular flexibility index (Phi) is 3.22. The Bertz CT molecular complexity index is 449. The Morgan fingerprint density at radius 3 is 2.29 bits per heavy atom. The molecular weight excluding hydrogens is 244 g/mol.